The molecule has 0 saturated carbocycles. The maximum absolute atomic E-state index is 13.4. The summed E-state index contributed by atoms with van der Waals surface area (Å²) in [6, 6.07) is 14.5. The van der Waals surface area contributed by atoms with Crippen molar-refractivity contribution < 1.29 is 9.18 Å². The normalized spacial score (nSPS) is 11.0. The lowest BCUT2D eigenvalue weighted by Crippen LogP contribution is -2.39. The van der Waals surface area contributed by atoms with Crippen molar-refractivity contribution >= 4 is 5.91 Å². The first-order valence-electron chi connectivity index (χ1n) is 8.82. The van der Waals surface area contributed by atoms with Gasteiger partial charge in [-0.1, -0.05) is 30.3 Å². The Morgan fingerprint density at radius 1 is 1.19 bits per heavy atom. The number of rotatable bonds is 6. The fraction of sp³-hybridized carbons (Fsp3) is 0.300. The quantitative estimate of drug-likeness (QED) is 0.671. The summed E-state index contributed by atoms with van der Waals surface area (Å²) in [7, 11) is 0. The number of nitrogens with zero attached hydrogens (tertiary/aromatic N) is 5. The molecule has 0 aliphatic carbocycles. The number of carbonyl (C=O) groups is 1. The van der Waals surface area contributed by atoms with Crippen LogP contribution in [0.3, 0.4) is 0 Å². The lowest BCUT2D eigenvalue weighted by Gasteiger charge is -2.26. The van der Waals surface area contributed by atoms with E-state index in [9.17, 15) is 9.18 Å². The summed E-state index contributed by atoms with van der Waals surface area (Å²) < 4.78 is 13.4. The fourth-order valence-corrected chi connectivity index (χ4v) is 2.76. The number of tetrazole rings is 1. The van der Waals surface area contributed by atoms with Crippen LogP contribution in [0.15, 0.2) is 48.5 Å². The van der Waals surface area contributed by atoms with E-state index in [0.29, 0.717) is 23.5 Å². The third-order valence-electron chi connectivity index (χ3n) is 4.29. The molecule has 0 unspecified atom stereocenters. The maximum Gasteiger partial charge on any atom is 0.246 e. The molecule has 0 radical (unpaired) electrons. The molecule has 3 aromatic rings. The summed E-state index contributed by atoms with van der Waals surface area (Å²) in [5.41, 5.74) is 2.24. The van der Waals surface area contributed by atoms with Crippen molar-refractivity contribution in [2.75, 3.05) is 0 Å². The summed E-state index contributed by atoms with van der Waals surface area (Å²) >= 11 is 0. The van der Waals surface area contributed by atoms with Gasteiger partial charge in [-0.25, -0.2) is 4.39 Å². The van der Waals surface area contributed by atoms with Crippen LogP contribution in [0.1, 0.15) is 25.0 Å². The van der Waals surface area contributed by atoms with Gasteiger partial charge in [0.2, 0.25) is 11.7 Å². The van der Waals surface area contributed by atoms with Gasteiger partial charge >= 0.3 is 0 Å². The van der Waals surface area contributed by atoms with Crippen molar-refractivity contribution in [3.63, 3.8) is 0 Å². The molecule has 0 bridgehead atoms. The highest BCUT2D eigenvalue weighted by molar-refractivity contribution is 5.76. The Morgan fingerprint density at radius 2 is 1.93 bits per heavy atom. The molecule has 7 heteroatoms. The van der Waals surface area contributed by atoms with Gasteiger partial charge in [0.25, 0.3) is 0 Å². The number of aromatic nitrogens is 4. The molecule has 0 fully saturated rings. The van der Waals surface area contributed by atoms with Crippen LogP contribution in [-0.4, -0.2) is 37.1 Å². The van der Waals surface area contributed by atoms with E-state index < -0.39 is 0 Å². The second-order valence-electron chi connectivity index (χ2n) is 6.71. The van der Waals surface area contributed by atoms with Crippen LogP contribution in [-0.2, 0) is 17.9 Å². The van der Waals surface area contributed by atoms with E-state index in [-0.39, 0.29) is 24.3 Å². The molecule has 1 heterocycles. The number of benzene rings is 2. The Morgan fingerprint density at radius 3 is 2.59 bits per heavy atom. The highest BCUT2D eigenvalue weighted by Crippen LogP contribution is 2.17. The summed E-state index contributed by atoms with van der Waals surface area (Å²) in [6.45, 7) is 6.15. The lowest BCUT2D eigenvalue weighted by molar-refractivity contribution is -0.134. The number of hydrogen-bond acceptors (Lipinski definition) is 4. The van der Waals surface area contributed by atoms with E-state index >= 15 is 0 Å². The van der Waals surface area contributed by atoms with E-state index in [2.05, 4.69) is 15.4 Å². The molecule has 0 N–H and O–H groups in total. The standard InChI is InChI=1S/C20H22FN5O/c1-14(2)25(12-16-7-5-4-6-8-16)19(27)13-26-23-20(22-24-26)17-9-10-18(21)15(3)11-17/h4-11,14H,12-13H2,1-3H3. The molecule has 140 valence electrons. The third kappa shape index (κ3) is 4.55. The SMILES string of the molecule is Cc1cc(-c2nnn(CC(=O)N(Cc3ccccc3)C(C)C)n2)ccc1F. The molecule has 1 amide bonds. The van der Waals surface area contributed by atoms with E-state index in [4.69, 9.17) is 0 Å². The van der Waals surface area contributed by atoms with E-state index in [0.717, 1.165) is 5.56 Å². The molecular formula is C20H22FN5O. The first-order valence-corrected chi connectivity index (χ1v) is 8.82. The van der Waals surface area contributed by atoms with E-state index in [1.807, 2.05) is 44.2 Å². The van der Waals surface area contributed by atoms with Crippen LogP contribution in [0.5, 0.6) is 0 Å². The number of amides is 1. The predicted octanol–water partition coefficient (Wildman–Crippen LogP) is 3.22. The molecule has 0 aliphatic heterocycles. The summed E-state index contributed by atoms with van der Waals surface area (Å²) in [5, 5.41) is 12.2. The van der Waals surface area contributed by atoms with Crippen LogP contribution in [0.25, 0.3) is 11.4 Å². The van der Waals surface area contributed by atoms with Crippen molar-refractivity contribution in [1.29, 1.82) is 0 Å². The van der Waals surface area contributed by atoms with Gasteiger partial charge in [-0.2, -0.15) is 4.80 Å². The largest absolute Gasteiger partial charge is 0.334 e. The molecule has 3 rings (SSSR count). The van der Waals surface area contributed by atoms with Crippen molar-refractivity contribution in [2.45, 2.75) is 39.9 Å². The van der Waals surface area contributed by atoms with Gasteiger partial charge in [0.1, 0.15) is 12.4 Å². The molecule has 2 aromatic carbocycles. The van der Waals surface area contributed by atoms with Gasteiger partial charge < -0.3 is 4.90 Å². The molecule has 1 aromatic heterocycles. The Balaban J connectivity index is 1.72. The number of aryl methyl sites for hydroxylation is 1. The van der Waals surface area contributed by atoms with Crippen molar-refractivity contribution in [3.05, 3.63) is 65.5 Å². The van der Waals surface area contributed by atoms with Gasteiger partial charge in [0.05, 0.1) is 0 Å². The minimum absolute atomic E-state index is 0.00180. The van der Waals surface area contributed by atoms with Gasteiger partial charge in [0, 0.05) is 18.2 Å². The number of carbonyl (C=O) groups excluding carboxylic acids is 1. The summed E-state index contributed by atoms with van der Waals surface area (Å²) in [5.74, 6) is -0.00653. The molecule has 27 heavy (non-hydrogen) atoms. The molecule has 0 saturated heterocycles. The van der Waals surface area contributed by atoms with E-state index in [1.165, 1.54) is 10.9 Å². The second-order valence-corrected chi connectivity index (χ2v) is 6.71. The third-order valence-corrected chi connectivity index (χ3v) is 4.29. The topological polar surface area (TPSA) is 63.9 Å². The molecular weight excluding hydrogens is 345 g/mol. The maximum atomic E-state index is 13.4. The number of hydrogen-bond donors (Lipinski definition) is 0. The second kappa shape index (κ2) is 8.07. The minimum atomic E-state index is -0.283. The van der Waals surface area contributed by atoms with Crippen LogP contribution in [0.2, 0.25) is 0 Å². The number of halogens is 1. The fourth-order valence-electron chi connectivity index (χ4n) is 2.76. The van der Waals surface area contributed by atoms with Crippen molar-refractivity contribution in [1.82, 2.24) is 25.1 Å². The first-order chi connectivity index (χ1) is 12.9. The molecule has 0 atom stereocenters. The van der Waals surface area contributed by atoms with Gasteiger partial charge in [-0.3, -0.25) is 4.79 Å². The van der Waals surface area contributed by atoms with Gasteiger partial charge in [-0.15, -0.1) is 10.2 Å². The Labute approximate surface area is 157 Å². The average Bonchev–Trinajstić information content (AvgIpc) is 3.11. The van der Waals surface area contributed by atoms with Crippen LogP contribution in [0.4, 0.5) is 4.39 Å². The Hall–Kier alpha value is -3.09. The molecule has 0 spiro atoms. The monoisotopic (exact) mass is 367 g/mol. The summed E-state index contributed by atoms with van der Waals surface area (Å²) in [4.78, 5) is 15.8. The zero-order valence-electron chi connectivity index (χ0n) is 15.6. The van der Waals surface area contributed by atoms with Gasteiger partial charge in [0.15, 0.2) is 0 Å². The summed E-state index contributed by atoms with van der Waals surface area (Å²) in [6.07, 6.45) is 0. The lowest BCUT2D eigenvalue weighted by atomic mass is 10.1. The zero-order valence-corrected chi connectivity index (χ0v) is 15.6. The van der Waals surface area contributed by atoms with Crippen LogP contribution in [0, 0.1) is 12.7 Å². The first kappa shape index (κ1) is 18.7. The molecule has 0 aliphatic rings. The molecule has 6 nitrogen and oxygen atoms in total. The average molecular weight is 367 g/mol. The van der Waals surface area contributed by atoms with Crippen molar-refractivity contribution in [2.24, 2.45) is 0 Å². The highest BCUT2D eigenvalue weighted by Gasteiger charge is 2.19. The zero-order chi connectivity index (χ0) is 19.4. The highest BCUT2D eigenvalue weighted by atomic mass is 19.1. The minimum Gasteiger partial charge on any atom is -0.334 e. The Bertz CT molecular complexity index is 923. The van der Waals surface area contributed by atoms with Gasteiger partial charge in [-0.05, 0) is 55.3 Å². The van der Waals surface area contributed by atoms with Crippen molar-refractivity contribution in [3.8, 4) is 11.4 Å². The predicted molar refractivity (Wildman–Crippen MR) is 100 cm³/mol. The Kier molecular flexibility index (Phi) is 5.59. The van der Waals surface area contributed by atoms with Crippen LogP contribution < -0.4 is 0 Å². The van der Waals surface area contributed by atoms with Crippen LogP contribution >= 0.6 is 0 Å². The van der Waals surface area contributed by atoms with E-state index in [1.54, 1.807) is 24.0 Å². The smallest absolute Gasteiger partial charge is 0.246 e.